The van der Waals surface area contributed by atoms with Crippen molar-refractivity contribution in [2.24, 2.45) is 11.7 Å². The molecule has 1 aromatic rings. The van der Waals surface area contributed by atoms with Gasteiger partial charge in [0.15, 0.2) is 5.82 Å². The van der Waals surface area contributed by atoms with Crippen LogP contribution >= 0.6 is 0 Å². The number of aryl methyl sites for hydroxylation is 1. The molecule has 0 fully saturated rings. The molecule has 0 saturated carbocycles. The van der Waals surface area contributed by atoms with E-state index >= 15 is 0 Å². The van der Waals surface area contributed by atoms with Gasteiger partial charge in [0.1, 0.15) is 0 Å². The summed E-state index contributed by atoms with van der Waals surface area (Å²) in [5, 5.41) is 6.95. The number of hydrogen-bond acceptors (Lipinski definition) is 5. The molecule has 0 radical (unpaired) electrons. The third kappa shape index (κ3) is 3.80. The number of nitrogens with zero attached hydrogens (tertiary/aromatic N) is 2. The Morgan fingerprint density at radius 2 is 2.22 bits per heavy atom. The monoisotopic (exact) mass is 254 g/mol. The largest absolute Gasteiger partial charge is 0.368 e. The smallest absolute Gasteiger partial charge is 0.237 e. The zero-order valence-corrected chi connectivity index (χ0v) is 11.5. The number of aromatic nitrogens is 2. The zero-order chi connectivity index (χ0) is 13.8. The van der Waals surface area contributed by atoms with Crippen LogP contribution in [0.25, 0.3) is 0 Å². The first-order valence-electron chi connectivity index (χ1n) is 6.23. The quantitative estimate of drug-likeness (QED) is 0.757. The Morgan fingerprint density at radius 3 is 2.67 bits per heavy atom. The molecule has 0 aliphatic rings. The minimum atomic E-state index is -0.749. The van der Waals surface area contributed by atoms with Gasteiger partial charge in [-0.2, -0.15) is 4.98 Å². The summed E-state index contributed by atoms with van der Waals surface area (Å²) in [6.45, 7) is 8.21. The average Bonchev–Trinajstić information content (AvgIpc) is 2.73. The second-order valence-electron chi connectivity index (χ2n) is 5.11. The maximum Gasteiger partial charge on any atom is 0.237 e. The molecule has 0 unspecified atom stereocenters. The van der Waals surface area contributed by atoms with Crippen LogP contribution in [-0.2, 0) is 17.8 Å². The summed E-state index contributed by atoms with van der Waals surface area (Å²) < 4.78 is 5.00. The number of carbonyl (C=O) groups excluding carboxylic acids is 1. The molecule has 3 N–H and O–H groups in total. The van der Waals surface area contributed by atoms with E-state index in [-0.39, 0.29) is 5.91 Å². The van der Waals surface area contributed by atoms with Crippen molar-refractivity contribution >= 4 is 5.91 Å². The van der Waals surface area contributed by atoms with Gasteiger partial charge >= 0.3 is 0 Å². The molecule has 1 atom stereocenters. The van der Waals surface area contributed by atoms with Crippen LogP contribution in [0.2, 0.25) is 0 Å². The SMILES string of the molecule is CCc1nc(CN[C@](C)(CC(C)C)C(N)=O)no1. The number of rotatable bonds is 7. The van der Waals surface area contributed by atoms with Gasteiger partial charge in [0, 0.05) is 6.42 Å². The second-order valence-corrected chi connectivity index (χ2v) is 5.11. The third-order valence-corrected chi connectivity index (χ3v) is 2.81. The van der Waals surface area contributed by atoms with Gasteiger partial charge in [0.05, 0.1) is 12.1 Å². The predicted octanol–water partition coefficient (Wildman–Crippen LogP) is 1.01. The van der Waals surface area contributed by atoms with Gasteiger partial charge in [-0.15, -0.1) is 0 Å². The van der Waals surface area contributed by atoms with Gasteiger partial charge < -0.3 is 10.3 Å². The Balaban J connectivity index is 2.64. The van der Waals surface area contributed by atoms with E-state index in [4.69, 9.17) is 10.3 Å². The fraction of sp³-hybridized carbons (Fsp3) is 0.750. The highest BCUT2D eigenvalue weighted by atomic mass is 16.5. The van der Waals surface area contributed by atoms with Gasteiger partial charge in [-0.25, -0.2) is 0 Å². The maximum atomic E-state index is 11.5. The van der Waals surface area contributed by atoms with Crippen LogP contribution in [-0.4, -0.2) is 21.6 Å². The van der Waals surface area contributed by atoms with E-state index in [2.05, 4.69) is 15.5 Å². The van der Waals surface area contributed by atoms with E-state index < -0.39 is 5.54 Å². The summed E-state index contributed by atoms with van der Waals surface area (Å²) in [6.07, 6.45) is 1.37. The van der Waals surface area contributed by atoms with Gasteiger partial charge in [0.2, 0.25) is 11.8 Å². The van der Waals surface area contributed by atoms with Crippen molar-refractivity contribution in [3.8, 4) is 0 Å². The molecule has 0 aliphatic carbocycles. The van der Waals surface area contributed by atoms with Crippen LogP contribution in [0.3, 0.4) is 0 Å². The topological polar surface area (TPSA) is 94.0 Å². The van der Waals surface area contributed by atoms with Crippen LogP contribution in [0.5, 0.6) is 0 Å². The fourth-order valence-corrected chi connectivity index (χ4v) is 1.86. The number of hydrogen-bond donors (Lipinski definition) is 2. The number of nitrogens with two attached hydrogens (primary N) is 1. The van der Waals surface area contributed by atoms with Crippen molar-refractivity contribution in [2.75, 3.05) is 0 Å². The molecule has 1 rings (SSSR count). The molecular weight excluding hydrogens is 232 g/mol. The molecule has 0 saturated heterocycles. The number of carbonyl (C=O) groups is 1. The molecule has 102 valence electrons. The highest BCUT2D eigenvalue weighted by Crippen LogP contribution is 2.16. The normalized spacial score (nSPS) is 14.7. The summed E-state index contributed by atoms with van der Waals surface area (Å²) in [4.78, 5) is 15.7. The molecule has 0 aliphatic heterocycles. The molecule has 0 bridgehead atoms. The Labute approximate surface area is 107 Å². The molecule has 18 heavy (non-hydrogen) atoms. The predicted molar refractivity (Wildman–Crippen MR) is 67.6 cm³/mol. The Morgan fingerprint density at radius 1 is 1.56 bits per heavy atom. The Hall–Kier alpha value is -1.43. The zero-order valence-electron chi connectivity index (χ0n) is 11.5. The Kier molecular flexibility index (Phi) is 4.84. The lowest BCUT2D eigenvalue weighted by molar-refractivity contribution is -0.124. The van der Waals surface area contributed by atoms with Gasteiger partial charge in [0.25, 0.3) is 0 Å². The van der Waals surface area contributed by atoms with E-state index in [1.807, 2.05) is 20.8 Å². The van der Waals surface area contributed by atoms with E-state index in [9.17, 15) is 4.79 Å². The highest BCUT2D eigenvalue weighted by molar-refractivity contribution is 5.84. The summed E-state index contributed by atoms with van der Waals surface area (Å²) in [7, 11) is 0. The maximum absolute atomic E-state index is 11.5. The minimum Gasteiger partial charge on any atom is -0.368 e. The van der Waals surface area contributed by atoms with Crippen LogP contribution in [0.4, 0.5) is 0 Å². The summed E-state index contributed by atoms with van der Waals surface area (Å²) >= 11 is 0. The molecule has 1 amide bonds. The van der Waals surface area contributed by atoms with Gasteiger partial charge in [-0.05, 0) is 19.3 Å². The van der Waals surface area contributed by atoms with Crippen LogP contribution < -0.4 is 11.1 Å². The van der Waals surface area contributed by atoms with Gasteiger partial charge in [-0.3, -0.25) is 10.1 Å². The molecule has 0 spiro atoms. The van der Waals surface area contributed by atoms with Crippen LogP contribution in [0.1, 0.15) is 45.8 Å². The van der Waals surface area contributed by atoms with Crippen molar-refractivity contribution in [1.29, 1.82) is 0 Å². The number of primary amides is 1. The lowest BCUT2D eigenvalue weighted by Gasteiger charge is -2.28. The first kappa shape index (κ1) is 14.6. The van der Waals surface area contributed by atoms with Crippen LogP contribution in [0.15, 0.2) is 4.52 Å². The molecular formula is C12H22N4O2. The number of amides is 1. The highest BCUT2D eigenvalue weighted by Gasteiger charge is 2.31. The first-order valence-corrected chi connectivity index (χ1v) is 6.23. The first-order chi connectivity index (χ1) is 8.37. The summed E-state index contributed by atoms with van der Waals surface area (Å²) in [6, 6.07) is 0. The number of nitrogens with one attached hydrogen (secondary N) is 1. The molecule has 1 aromatic heterocycles. The molecule has 6 nitrogen and oxygen atoms in total. The van der Waals surface area contributed by atoms with E-state index in [0.717, 1.165) is 0 Å². The lowest BCUT2D eigenvalue weighted by atomic mass is 9.90. The average molecular weight is 254 g/mol. The van der Waals surface area contributed by atoms with E-state index in [1.54, 1.807) is 6.92 Å². The van der Waals surface area contributed by atoms with E-state index in [1.165, 1.54) is 0 Å². The lowest BCUT2D eigenvalue weighted by Crippen LogP contribution is -2.53. The Bertz CT molecular complexity index is 403. The van der Waals surface area contributed by atoms with Crippen molar-refractivity contribution in [3.05, 3.63) is 11.7 Å². The third-order valence-electron chi connectivity index (χ3n) is 2.81. The van der Waals surface area contributed by atoms with Crippen molar-refractivity contribution in [1.82, 2.24) is 15.5 Å². The summed E-state index contributed by atoms with van der Waals surface area (Å²) in [5.74, 6) is 1.14. The molecule has 1 heterocycles. The van der Waals surface area contributed by atoms with Gasteiger partial charge in [-0.1, -0.05) is 25.9 Å². The molecule has 6 heteroatoms. The van der Waals surface area contributed by atoms with Crippen molar-refractivity contribution in [2.45, 2.75) is 52.6 Å². The van der Waals surface area contributed by atoms with Crippen molar-refractivity contribution in [3.63, 3.8) is 0 Å². The van der Waals surface area contributed by atoms with Crippen LogP contribution in [0, 0.1) is 5.92 Å². The fourth-order valence-electron chi connectivity index (χ4n) is 1.86. The van der Waals surface area contributed by atoms with E-state index in [0.29, 0.717) is 37.0 Å². The molecule has 0 aromatic carbocycles. The standard InChI is InChI=1S/C12H22N4O2/c1-5-10-15-9(16-18-10)7-14-12(4,11(13)17)6-8(2)3/h8,14H,5-7H2,1-4H3,(H2,13,17)/t12-/m1/s1. The minimum absolute atomic E-state index is 0.365. The summed E-state index contributed by atoms with van der Waals surface area (Å²) in [5.41, 5.74) is 4.70. The van der Waals surface area contributed by atoms with Crippen molar-refractivity contribution < 1.29 is 9.32 Å². The second kappa shape index (κ2) is 5.95.